The molecule has 0 saturated carbocycles. The molecule has 8 heteroatoms. The average molecular weight is 221 g/mol. The van der Waals surface area contributed by atoms with Gasteiger partial charge in [-0.05, 0) is 0 Å². The Balaban J connectivity index is 3.21. The average Bonchev–Trinajstić information content (AvgIpc) is 2.10. The Morgan fingerprint density at radius 2 is 2.07 bits per heavy atom. The third-order valence-electron chi connectivity index (χ3n) is 1.35. The maximum atomic E-state index is 13.0. The van der Waals surface area contributed by atoms with Crippen LogP contribution in [0.4, 0.5) is 23.4 Å². The maximum absolute atomic E-state index is 13.0. The number of nitrogen functional groups attached to an aromatic ring is 1. The van der Waals surface area contributed by atoms with Crippen molar-refractivity contribution in [1.29, 1.82) is 5.26 Å². The van der Waals surface area contributed by atoms with Gasteiger partial charge < -0.3 is 10.5 Å². The Morgan fingerprint density at radius 1 is 1.47 bits per heavy atom. The first kappa shape index (κ1) is 11.0. The van der Waals surface area contributed by atoms with Gasteiger partial charge in [-0.1, -0.05) is 0 Å². The number of nitrogens with two attached hydrogens (primary N) is 1. The minimum Gasteiger partial charge on any atom is -0.403 e. The van der Waals surface area contributed by atoms with Crippen LogP contribution in [-0.2, 0) is 0 Å². The van der Waals surface area contributed by atoms with Crippen molar-refractivity contribution in [2.75, 3.05) is 5.73 Å². The Labute approximate surface area is 80.9 Å². The third-order valence-corrected chi connectivity index (χ3v) is 1.35. The summed E-state index contributed by atoms with van der Waals surface area (Å²) in [7, 11) is 0. The number of hydrogen-bond donors (Lipinski definition) is 1. The Kier molecular flexibility index (Phi) is 2.65. The summed E-state index contributed by atoms with van der Waals surface area (Å²) in [6.07, 6.45) is -4.49. The van der Waals surface area contributed by atoms with E-state index in [1.54, 1.807) is 0 Å². The molecule has 0 atom stereocenters. The predicted octanol–water partition coefficient (Wildman–Crippen LogP) is 1.57. The van der Waals surface area contributed by atoms with Crippen LogP contribution in [0.1, 0.15) is 5.56 Å². The fourth-order valence-corrected chi connectivity index (χ4v) is 0.792. The third kappa shape index (κ3) is 2.46. The number of anilines is 1. The van der Waals surface area contributed by atoms with Gasteiger partial charge in [0.2, 0.25) is 0 Å². The molecule has 0 saturated heterocycles. The molecule has 0 spiro atoms. The molecule has 0 unspecified atom stereocenters. The normalized spacial score (nSPS) is 10.9. The number of aromatic nitrogens is 1. The number of ether oxygens (including phenoxy) is 1. The van der Waals surface area contributed by atoms with Gasteiger partial charge in [0, 0.05) is 0 Å². The molecular weight excluding hydrogens is 218 g/mol. The van der Waals surface area contributed by atoms with E-state index >= 15 is 0 Å². The van der Waals surface area contributed by atoms with Crippen LogP contribution in [0, 0.1) is 17.1 Å². The number of nitriles is 1. The lowest BCUT2D eigenvalue weighted by Gasteiger charge is -2.10. The number of hydrogen-bond acceptors (Lipinski definition) is 4. The van der Waals surface area contributed by atoms with Crippen LogP contribution in [0.15, 0.2) is 6.20 Å². The predicted molar refractivity (Wildman–Crippen MR) is 40.0 cm³/mol. The molecule has 2 N–H and O–H groups in total. The van der Waals surface area contributed by atoms with E-state index in [0.29, 0.717) is 6.20 Å². The van der Waals surface area contributed by atoms with Gasteiger partial charge in [0.1, 0.15) is 11.6 Å². The first-order chi connectivity index (χ1) is 6.85. The molecule has 0 radical (unpaired) electrons. The molecule has 0 amide bonds. The SMILES string of the molecule is N#Cc1c(OC(F)(F)F)cnc(N)c1F. The summed E-state index contributed by atoms with van der Waals surface area (Å²) in [5, 5.41) is 8.40. The van der Waals surface area contributed by atoms with E-state index in [2.05, 4.69) is 9.72 Å². The molecule has 15 heavy (non-hydrogen) atoms. The molecule has 0 aliphatic carbocycles. The molecule has 0 aliphatic heterocycles. The molecule has 80 valence electrons. The van der Waals surface area contributed by atoms with Crippen molar-refractivity contribution in [2.24, 2.45) is 0 Å². The number of pyridine rings is 1. The summed E-state index contributed by atoms with van der Waals surface area (Å²) < 4.78 is 51.7. The molecule has 1 aromatic rings. The Hall–Kier alpha value is -2.04. The number of rotatable bonds is 1. The zero-order valence-electron chi connectivity index (χ0n) is 6.97. The molecule has 0 fully saturated rings. The van der Waals surface area contributed by atoms with E-state index < -0.39 is 29.3 Å². The lowest BCUT2D eigenvalue weighted by atomic mass is 10.2. The van der Waals surface area contributed by atoms with Crippen molar-refractivity contribution in [3.8, 4) is 11.8 Å². The summed E-state index contributed by atoms with van der Waals surface area (Å²) in [4.78, 5) is 3.10. The summed E-state index contributed by atoms with van der Waals surface area (Å²) in [5.41, 5.74) is 4.02. The Morgan fingerprint density at radius 3 is 2.53 bits per heavy atom. The van der Waals surface area contributed by atoms with E-state index in [1.165, 1.54) is 6.07 Å². The zero-order chi connectivity index (χ0) is 11.6. The molecule has 0 aliphatic rings. The van der Waals surface area contributed by atoms with E-state index in [1.807, 2.05) is 0 Å². The lowest BCUT2D eigenvalue weighted by molar-refractivity contribution is -0.274. The van der Waals surface area contributed by atoms with E-state index in [9.17, 15) is 17.6 Å². The highest BCUT2D eigenvalue weighted by atomic mass is 19.4. The van der Waals surface area contributed by atoms with Crippen molar-refractivity contribution in [1.82, 2.24) is 4.98 Å². The molecule has 0 aromatic carbocycles. The largest absolute Gasteiger partial charge is 0.573 e. The molecule has 1 heterocycles. The van der Waals surface area contributed by atoms with Gasteiger partial charge >= 0.3 is 6.36 Å². The number of nitrogens with zero attached hydrogens (tertiary/aromatic N) is 2. The summed E-state index contributed by atoms with van der Waals surface area (Å²) in [5.74, 6) is -3.02. The van der Waals surface area contributed by atoms with E-state index in [-0.39, 0.29) is 0 Å². The monoisotopic (exact) mass is 221 g/mol. The van der Waals surface area contributed by atoms with Gasteiger partial charge in [-0.15, -0.1) is 13.2 Å². The zero-order valence-corrected chi connectivity index (χ0v) is 6.97. The van der Waals surface area contributed by atoms with Crippen molar-refractivity contribution >= 4 is 5.82 Å². The standard InChI is InChI=1S/C7H3F4N3O/c8-5-3(1-12)4(2-14-6(5)13)15-7(9,10)11/h2H,(H2,13,14). The second-order valence-corrected chi connectivity index (χ2v) is 2.36. The molecule has 1 rings (SSSR count). The van der Waals surface area contributed by atoms with Crippen LogP contribution in [0.25, 0.3) is 0 Å². The van der Waals surface area contributed by atoms with Crippen LogP contribution in [0.2, 0.25) is 0 Å². The Bertz CT molecular complexity index is 423. The molecule has 4 nitrogen and oxygen atoms in total. The fraction of sp³-hybridized carbons (Fsp3) is 0.143. The number of halogens is 4. The number of alkyl halides is 3. The van der Waals surface area contributed by atoms with Crippen LogP contribution in [-0.4, -0.2) is 11.3 Å². The summed E-state index contributed by atoms with van der Waals surface area (Å²) in [6.45, 7) is 0. The van der Waals surface area contributed by atoms with Gasteiger partial charge in [-0.3, -0.25) is 0 Å². The molecular formula is C7H3F4N3O. The van der Waals surface area contributed by atoms with Crippen LogP contribution in [0.3, 0.4) is 0 Å². The van der Waals surface area contributed by atoms with Crippen molar-refractivity contribution < 1.29 is 22.3 Å². The maximum Gasteiger partial charge on any atom is 0.573 e. The minimum absolute atomic E-state index is 0.532. The lowest BCUT2D eigenvalue weighted by Crippen LogP contribution is -2.18. The van der Waals surface area contributed by atoms with E-state index in [4.69, 9.17) is 11.0 Å². The highest BCUT2D eigenvalue weighted by Crippen LogP contribution is 2.28. The van der Waals surface area contributed by atoms with Crippen LogP contribution >= 0.6 is 0 Å². The van der Waals surface area contributed by atoms with Crippen molar-refractivity contribution in [2.45, 2.75) is 6.36 Å². The van der Waals surface area contributed by atoms with Crippen molar-refractivity contribution in [3.63, 3.8) is 0 Å². The van der Waals surface area contributed by atoms with Gasteiger partial charge in [0.15, 0.2) is 17.4 Å². The quantitative estimate of drug-likeness (QED) is 0.730. The van der Waals surface area contributed by atoms with Crippen LogP contribution in [0.5, 0.6) is 5.75 Å². The summed E-state index contributed by atoms with van der Waals surface area (Å²) >= 11 is 0. The molecule has 1 aromatic heterocycles. The smallest absolute Gasteiger partial charge is 0.403 e. The van der Waals surface area contributed by atoms with Gasteiger partial charge in [-0.2, -0.15) is 5.26 Å². The second kappa shape index (κ2) is 3.61. The van der Waals surface area contributed by atoms with Gasteiger partial charge in [0.25, 0.3) is 0 Å². The van der Waals surface area contributed by atoms with Crippen molar-refractivity contribution in [3.05, 3.63) is 17.6 Å². The first-order valence-corrected chi connectivity index (χ1v) is 3.45. The fourth-order valence-electron chi connectivity index (χ4n) is 0.792. The highest BCUT2D eigenvalue weighted by molar-refractivity contribution is 5.49. The molecule has 0 bridgehead atoms. The highest BCUT2D eigenvalue weighted by Gasteiger charge is 2.33. The van der Waals surface area contributed by atoms with E-state index in [0.717, 1.165) is 0 Å². The van der Waals surface area contributed by atoms with Crippen LogP contribution < -0.4 is 10.5 Å². The first-order valence-electron chi connectivity index (χ1n) is 3.45. The van der Waals surface area contributed by atoms with Gasteiger partial charge in [0.05, 0.1) is 6.20 Å². The topological polar surface area (TPSA) is 71.9 Å². The second-order valence-electron chi connectivity index (χ2n) is 2.36. The summed E-state index contributed by atoms with van der Waals surface area (Å²) in [6, 6.07) is 1.21. The minimum atomic E-state index is -5.02. The van der Waals surface area contributed by atoms with Gasteiger partial charge in [-0.25, -0.2) is 9.37 Å².